The van der Waals surface area contributed by atoms with Gasteiger partial charge < -0.3 is 9.80 Å². The number of carbonyl (C=O) groups excluding carboxylic acids is 1. The fourth-order valence-electron chi connectivity index (χ4n) is 5.66. The SMILES string of the molecule is CCc1cccccc(N2CCN(CCc3cc4c5c(c3)C(C)(C)CC(=O)N5CCC4)CC2)ns1. The van der Waals surface area contributed by atoms with E-state index >= 15 is 0 Å². The number of aryl methyl sites for hydroxylation is 2. The smallest absolute Gasteiger partial charge is 0.227 e. The Balaban J connectivity index is 1.25. The lowest BCUT2D eigenvalue weighted by Crippen LogP contribution is -2.47. The first-order valence-electron chi connectivity index (χ1n) is 13.2. The number of nitrogens with zero attached hydrogens (tertiary/aromatic N) is 4. The first kappa shape index (κ1) is 24.3. The number of hydrogen-bond donors (Lipinski definition) is 0. The van der Waals surface area contributed by atoms with Gasteiger partial charge in [-0.15, -0.1) is 0 Å². The molecule has 4 heterocycles. The highest BCUT2D eigenvalue weighted by molar-refractivity contribution is 7.05. The van der Waals surface area contributed by atoms with Gasteiger partial charge in [0.05, 0.1) is 5.69 Å². The van der Waals surface area contributed by atoms with E-state index < -0.39 is 0 Å². The molecule has 3 aliphatic rings. The summed E-state index contributed by atoms with van der Waals surface area (Å²) in [6.07, 6.45) is 4.86. The second-order valence-corrected chi connectivity index (χ2v) is 11.6. The van der Waals surface area contributed by atoms with Crippen LogP contribution in [-0.4, -0.2) is 54.4 Å². The van der Waals surface area contributed by atoms with Crippen LogP contribution in [0.2, 0.25) is 0 Å². The molecule has 6 heteroatoms. The standard InChI is InChI=1S/C29H38N4OS/c1-4-24-10-6-5-7-11-26(30-35-24)32-17-15-31(16-18-32)14-12-22-19-23-9-8-13-33-27(34)21-29(2,3)25(20-22)28(23)33/h5-7,10-11,19-20H,4,8-9,12-18,21H2,1-3H3. The molecule has 1 aromatic carbocycles. The number of anilines is 2. The fourth-order valence-corrected chi connectivity index (χ4v) is 6.31. The topological polar surface area (TPSA) is 39.7 Å². The van der Waals surface area contributed by atoms with Gasteiger partial charge in [0.15, 0.2) is 0 Å². The highest BCUT2D eigenvalue weighted by Crippen LogP contribution is 2.45. The van der Waals surface area contributed by atoms with Crippen molar-refractivity contribution in [2.45, 2.75) is 58.3 Å². The van der Waals surface area contributed by atoms with Crippen molar-refractivity contribution in [1.29, 1.82) is 0 Å². The predicted molar refractivity (Wildman–Crippen MR) is 146 cm³/mol. The molecule has 2 aromatic rings. The van der Waals surface area contributed by atoms with Crippen molar-refractivity contribution in [2.24, 2.45) is 0 Å². The van der Waals surface area contributed by atoms with E-state index in [1.165, 1.54) is 27.3 Å². The summed E-state index contributed by atoms with van der Waals surface area (Å²) in [4.78, 5) is 21.1. The van der Waals surface area contributed by atoms with Crippen LogP contribution in [0.1, 0.15) is 55.2 Å². The molecular formula is C29H38N4OS. The molecule has 0 N–H and O–H groups in total. The van der Waals surface area contributed by atoms with Gasteiger partial charge in [-0.25, -0.2) is 0 Å². The van der Waals surface area contributed by atoms with E-state index in [-0.39, 0.29) is 5.41 Å². The summed E-state index contributed by atoms with van der Waals surface area (Å²) < 4.78 is 4.85. The van der Waals surface area contributed by atoms with Crippen molar-refractivity contribution in [3.05, 3.63) is 64.0 Å². The Kier molecular flexibility index (Phi) is 7.12. The van der Waals surface area contributed by atoms with Crippen LogP contribution in [0.25, 0.3) is 0 Å². The van der Waals surface area contributed by atoms with E-state index in [1.807, 2.05) is 0 Å². The fraction of sp³-hybridized carbons (Fsp3) is 0.517. The Hall–Kier alpha value is -2.44. The molecule has 1 amide bonds. The van der Waals surface area contributed by atoms with Crippen LogP contribution in [-0.2, 0) is 29.5 Å². The van der Waals surface area contributed by atoms with Crippen LogP contribution in [0.5, 0.6) is 0 Å². The van der Waals surface area contributed by atoms with E-state index in [0.717, 1.165) is 70.8 Å². The molecule has 35 heavy (non-hydrogen) atoms. The summed E-state index contributed by atoms with van der Waals surface area (Å²) in [7, 11) is 0. The number of rotatable bonds is 5. The maximum absolute atomic E-state index is 12.7. The molecule has 0 unspecified atom stereocenters. The lowest BCUT2D eigenvalue weighted by atomic mass is 9.74. The maximum atomic E-state index is 12.7. The van der Waals surface area contributed by atoms with E-state index in [2.05, 4.69) is 77.9 Å². The van der Waals surface area contributed by atoms with E-state index in [4.69, 9.17) is 4.37 Å². The summed E-state index contributed by atoms with van der Waals surface area (Å²) in [6, 6.07) is 15.4. The van der Waals surface area contributed by atoms with Crippen molar-refractivity contribution in [3.63, 3.8) is 0 Å². The molecule has 1 aromatic heterocycles. The molecule has 0 atom stereocenters. The van der Waals surface area contributed by atoms with Crippen molar-refractivity contribution in [1.82, 2.24) is 9.27 Å². The summed E-state index contributed by atoms with van der Waals surface area (Å²) in [5, 5.41) is 0. The lowest BCUT2D eigenvalue weighted by molar-refractivity contribution is -0.120. The number of hydrogen-bond acceptors (Lipinski definition) is 5. The van der Waals surface area contributed by atoms with Crippen LogP contribution in [0.4, 0.5) is 11.5 Å². The van der Waals surface area contributed by atoms with Gasteiger partial charge in [0.2, 0.25) is 5.91 Å². The average Bonchev–Trinajstić information content (AvgIpc) is 2.98. The maximum Gasteiger partial charge on any atom is 0.227 e. The van der Waals surface area contributed by atoms with Crippen LogP contribution < -0.4 is 9.80 Å². The van der Waals surface area contributed by atoms with Crippen molar-refractivity contribution < 1.29 is 4.79 Å². The Bertz CT molecular complexity index is 1130. The molecule has 0 saturated carbocycles. The Morgan fingerprint density at radius 2 is 1.83 bits per heavy atom. The van der Waals surface area contributed by atoms with Crippen molar-refractivity contribution in [2.75, 3.05) is 49.1 Å². The summed E-state index contributed by atoms with van der Waals surface area (Å²) >= 11 is 1.61. The zero-order chi connectivity index (χ0) is 24.4. The first-order valence-corrected chi connectivity index (χ1v) is 13.9. The van der Waals surface area contributed by atoms with Gasteiger partial charge in [0.25, 0.3) is 0 Å². The number of piperazine rings is 1. The number of amides is 1. The van der Waals surface area contributed by atoms with Gasteiger partial charge in [-0.3, -0.25) is 9.69 Å². The summed E-state index contributed by atoms with van der Waals surface area (Å²) in [6.45, 7) is 12.8. The number of carbonyl (C=O) groups is 1. The molecule has 0 spiro atoms. The van der Waals surface area contributed by atoms with Crippen LogP contribution in [0.3, 0.4) is 0 Å². The van der Waals surface area contributed by atoms with Gasteiger partial charge in [-0.2, -0.15) is 4.37 Å². The van der Waals surface area contributed by atoms with Gasteiger partial charge >= 0.3 is 0 Å². The predicted octanol–water partition coefficient (Wildman–Crippen LogP) is 5.16. The van der Waals surface area contributed by atoms with Gasteiger partial charge in [0.1, 0.15) is 5.82 Å². The van der Waals surface area contributed by atoms with Crippen LogP contribution >= 0.6 is 11.5 Å². The number of aromatic nitrogens is 1. The van der Waals surface area contributed by atoms with E-state index in [0.29, 0.717) is 12.3 Å². The quantitative estimate of drug-likeness (QED) is 0.581. The average molecular weight is 491 g/mol. The third kappa shape index (κ3) is 5.24. The van der Waals surface area contributed by atoms with E-state index in [1.54, 1.807) is 11.5 Å². The molecule has 1 saturated heterocycles. The van der Waals surface area contributed by atoms with Crippen LogP contribution in [0.15, 0.2) is 42.5 Å². The van der Waals surface area contributed by atoms with Gasteiger partial charge in [-0.05, 0) is 66.0 Å². The Labute approximate surface area is 214 Å². The zero-order valence-corrected chi connectivity index (χ0v) is 22.2. The third-order valence-electron chi connectivity index (χ3n) is 7.74. The van der Waals surface area contributed by atoms with Crippen molar-refractivity contribution >= 4 is 28.9 Å². The summed E-state index contributed by atoms with van der Waals surface area (Å²) in [5.41, 5.74) is 5.34. The van der Waals surface area contributed by atoms with Crippen LogP contribution in [0, 0.1) is 0 Å². The first-order chi connectivity index (χ1) is 16.9. The Morgan fingerprint density at radius 3 is 2.63 bits per heavy atom. The minimum Gasteiger partial charge on any atom is -0.353 e. The molecular weight excluding hydrogens is 452 g/mol. The second kappa shape index (κ2) is 10.3. The molecule has 3 aliphatic heterocycles. The highest BCUT2D eigenvalue weighted by Gasteiger charge is 2.39. The lowest BCUT2D eigenvalue weighted by Gasteiger charge is -2.42. The van der Waals surface area contributed by atoms with Gasteiger partial charge in [-0.1, -0.05) is 51.1 Å². The minimum absolute atomic E-state index is 0.0820. The normalized spacial score (nSPS) is 19.3. The molecule has 0 bridgehead atoms. The zero-order valence-electron chi connectivity index (χ0n) is 21.4. The number of benzene rings is 1. The monoisotopic (exact) mass is 490 g/mol. The van der Waals surface area contributed by atoms with Gasteiger partial charge in [0, 0.05) is 56.0 Å². The third-order valence-corrected chi connectivity index (χ3v) is 8.67. The largest absolute Gasteiger partial charge is 0.353 e. The second-order valence-electron chi connectivity index (χ2n) is 10.7. The molecule has 5 nitrogen and oxygen atoms in total. The molecule has 0 aliphatic carbocycles. The van der Waals surface area contributed by atoms with E-state index in [9.17, 15) is 4.79 Å². The van der Waals surface area contributed by atoms with Crippen molar-refractivity contribution in [3.8, 4) is 0 Å². The Morgan fingerprint density at radius 1 is 1.03 bits per heavy atom. The molecule has 186 valence electrons. The molecule has 0 radical (unpaired) electrons. The molecule has 1 fully saturated rings. The minimum atomic E-state index is -0.0820. The summed E-state index contributed by atoms with van der Waals surface area (Å²) in [5.74, 6) is 1.38. The molecule has 5 rings (SSSR count). The highest BCUT2D eigenvalue weighted by atomic mass is 32.1.